The molecule has 4 aromatic heterocycles. The van der Waals surface area contributed by atoms with E-state index in [0.717, 1.165) is 23.5 Å². The van der Waals surface area contributed by atoms with E-state index in [1.54, 1.807) is 48.3 Å². The van der Waals surface area contributed by atoms with Gasteiger partial charge in [-0.25, -0.2) is 4.98 Å². The second kappa shape index (κ2) is 8.51. The van der Waals surface area contributed by atoms with Crippen molar-refractivity contribution in [3.05, 3.63) is 83.1 Å². The summed E-state index contributed by atoms with van der Waals surface area (Å²) in [5.41, 5.74) is 2.49. The third kappa shape index (κ3) is 4.48. The molecule has 0 saturated carbocycles. The number of rotatable bonds is 6. The molecule has 0 fully saturated rings. The maximum atomic E-state index is 13.1. The molecule has 0 saturated heterocycles. The Hall–Kier alpha value is -3.99. The molecule has 0 unspecified atom stereocenters. The molecule has 5 rings (SSSR count). The van der Waals surface area contributed by atoms with Crippen molar-refractivity contribution in [1.29, 1.82) is 0 Å². The van der Waals surface area contributed by atoms with Crippen LogP contribution in [0.25, 0.3) is 16.9 Å². The van der Waals surface area contributed by atoms with Crippen LogP contribution < -0.4 is 10.6 Å². The Balaban J connectivity index is 1.51. The largest absolute Gasteiger partial charge is 0.416 e. The monoisotopic (exact) mass is 467 g/mol. The van der Waals surface area contributed by atoms with Crippen LogP contribution in [0, 0.1) is 0 Å². The molecule has 5 aromatic rings. The maximum Gasteiger partial charge on any atom is 0.416 e. The zero-order valence-corrected chi connectivity index (χ0v) is 17.7. The van der Waals surface area contributed by atoms with Gasteiger partial charge < -0.3 is 10.6 Å². The van der Waals surface area contributed by atoms with Crippen LogP contribution in [-0.2, 0) is 12.7 Å². The van der Waals surface area contributed by atoms with Crippen LogP contribution in [0.5, 0.6) is 0 Å². The van der Waals surface area contributed by atoms with Gasteiger partial charge in [0.15, 0.2) is 17.0 Å². The normalized spacial score (nSPS) is 11.6. The van der Waals surface area contributed by atoms with Crippen LogP contribution in [0.1, 0.15) is 11.1 Å². The number of fused-ring (bicyclic) bond motifs is 1. The van der Waals surface area contributed by atoms with Crippen LogP contribution in [0.15, 0.2) is 71.9 Å². The Bertz CT molecular complexity index is 1380. The van der Waals surface area contributed by atoms with Crippen molar-refractivity contribution >= 4 is 40.0 Å². The van der Waals surface area contributed by atoms with E-state index in [0.29, 0.717) is 28.5 Å². The van der Waals surface area contributed by atoms with Crippen molar-refractivity contribution in [3.8, 4) is 5.69 Å². The van der Waals surface area contributed by atoms with Gasteiger partial charge in [-0.1, -0.05) is 12.1 Å². The van der Waals surface area contributed by atoms with E-state index < -0.39 is 11.7 Å². The van der Waals surface area contributed by atoms with E-state index in [4.69, 9.17) is 0 Å². The van der Waals surface area contributed by atoms with E-state index in [-0.39, 0.29) is 6.54 Å². The summed E-state index contributed by atoms with van der Waals surface area (Å²) >= 11 is 1.55. The van der Waals surface area contributed by atoms with Crippen LogP contribution in [0.3, 0.4) is 0 Å². The number of benzene rings is 1. The van der Waals surface area contributed by atoms with Gasteiger partial charge in [-0.15, -0.1) is 0 Å². The van der Waals surface area contributed by atoms with Gasteiger partial charge in [-0.2, -0.15) is 34.5 Å². The average Bonchev–Trinajstić information content (AvgIpc) is 3.48. The van der Waals surface area contributed by atoms with E-state index in [1.165, 1.54) is 6.07 Å². The number of anilines is 3. The van der Waals surface area contributed by atoms with Gasteiger partial charge in [-0.3, -0.25) is 9.55 Å². The number of pyridine rings is 1. The standard InChI is InChI=1S/C22H16F3N7S/c23-22(24,25)15-3-1-2-14(10-15)11-27-19-18-20(32(13-28-18)17-6-9-33-12-17)31-21(30-19)29-16-4-7-26-8-5-16/h1-10,12-13H,11H2,(H2,26,27,29,30,31). The Morgan fingerprint density at radius 3 is 2.64 bits per heavy atom. The molecule has 0 radical (unpaired) electrons. The quantitative estimate of drug-likeness (QED) is 0.336. The first-order valence-electron chi connectivity index (χ1n) is 9.82. The number of alkyl halides is 3. The SMILES string of the molecule is FC(F)(F)c1cccc(CNc2nc(Nc3ccncc3)nc3c2ncn3-c2ccsc2)c1. The molecule has 7 nitrogen and oxygen atoms in total. The number of halogens is 3. The third-order valence-corrected chi connectivity index (χ3v) is 5.50. The first-order chi connectivity index (χ1) is 16.0. The zero-order valence-electron chi connectivity index (χ0n) is 16.9. The fourth-order valence-corrected chi connectivity index (χ4v) is 3.90. The molecule has 166 valence electrons. The minimum atomic E-state index is -4.40. The number of imidazole rings is 1. The predicted molar refractivity (Wildman–Crippen MR) is 121 cm³/mol. The molecule has 0 spiro atoms. The minimum Gasteiger partial charge on any atom is -0.364 e. The lowest BCUT2D eigenvalue weighted by Crippen LogP contribution is -2.09. The molecule has 11 heteroatoms. The maximum absolute atomic E-state index is 13.1. The van der Waals surface area contributed by atoms with Gasteiger partial charge in [0.2, 0.25) is 5.95 Å². The highest BCUT2D eigenvalue weighted by atomic mass is 32.1. The molecule has 0 aliphatic carbocycles. The minimum absolute atomic E-state index is 0.135. The molecule has 0 aliphatic heterocycles. The molecule has 0 bridgehead atoms. The van der Waals surface area contributed by atoms with Crippen molar-refractivity contribution in [3.63, 3.8) is 0 Å². The number of nitrogens with zero attached hydrogens (tertiary/aromatic N) is 5. The Morgan fingerprint density at radius 1 is 1.03 bits per heavy atom. The number of hydrogen-bond donors (Lipinski definition) is 2. The van der Waals surface area contributed by atoms with Crippen molar-refractivity contribution in [2.24, 2.45) is 0 Å². The molecule has 0 aliphatic rings. The average molecular weight is 467 g/mol. The van der Waals surface area contributed by atoms with Crippen molar-refractivity contribution < 1.29 is 13.2 Å². The number of nitrogens with one attached hydrogen (secondary N) is 2. The van der Waals surface area contributed by atoms with Gasteiger partial charge >= 0.3 is 6.18 Å². The van der Waals surface area contributed by atoms with Crippen LogP contribution in [-0.4, -0.2) is 24.5 Å². The topological polar surface area (TPSA) is 80.6 Å². The lowest BCUT2D eigenvalue weighted by atomic mass is 10.1. The van der Waals surface area contributed by atoms with Gasteiger partial charge in [0.05, 0.1) is 11.3 Å². The summed E-state index contributed by atoms with van der Waals surface area (Å²) < 4.78 is 41.0. The smallest absolute Gasteiger partial charge is 0.364 e. The summed E-state index contributed by atoms with van der Waals surface area (Å²) in [6.07, 6.45) is 0.527. The van der Waals surface area contributed by atoms with Crippen molar-refractivity contribution in [2.45, 2.75) is 12.7 Å². The third-order valence-electron chi connectivity index (χ3n) is 4.83. The second-order valence-corrected chi connectivity index (χ2v) is 7.86. The number of thiophene rings is 1. The fraction of sp³-hybridized carbons (Fsp3) is 0.0909. The Kier molecular flexibility index (Phi) is 5.38. The highest BCUT2D eigenvalue weighted by Gasteiger charge is 2.30. The summed E-state index contributed by atoms with van der Waals surface area (Å²) in [4.78, 5) is 17.6. The summed E-state index contributed by atoms with van der Waals surface area (Å²) in [5.74, 6) is 0.722. The summed E-state index contributed by atoms with van der Waals surface area (Å²) in [6.45, 7) is 0.135. The van der Waals surface area contributed by atoms with Gasteiger partial charge in [0.25, 0.3) is 0 Å². The van der Waals surface area contributed by atoms with E-state index in [2.05, 4.69) is 30.6 Å². The lowest BCUT2D eigenvalue weighted by Gasteiger charge is -2.12. The van der Waals surface area contributed by atoms with Gasteiger partial charge in [0, 0.05) is 30.0 Å². The van der Waals surface area contributed by atoms with E-state index in [1.807, 2.05) is 21.4 Å². The summed E-state index contributed by atoms with van der Waals surface area (Å²) in [7, 11) is 0. The van der Waals surface area contributed by atoms with Crippen molar-refractivity contribution in [1.82, 2.24) is 24.5 Å². The highest BCUT2D eigenvalue weighted by Crippen LogP contribution is 2.30. The van der Waals surface area contributed by atoms with Crippen LogP contribution in [0.4, 0.5) is 30.6 Å². The lowest BCUT2D eigenvalue weighted by molar-refractivity contribution is -0.137. The Morgan fingerprint density at radius 2 is 1.88 bits per heavy atom. The molecule has 4 heterocycles. The first kappa shape index (κ1) is 20.9. The fourth-order valence-electron chi connectivity index (χ4n) is 3.27. The summed E-state index contributed by atoms with van der Waals surface area (Å²) in [5, 5.41) is 10.2. The van der Waals surface area contributed by atoms with Crippen LogP contribution in [0.2, 0.25) is 0 Å². The molecular formula is C22H16F3N7S. The van der Waals surface area contributed by atoms with Crippen molar-refractivity contribution in [2.75, 3.05) is 10.6 Å². The number of hydrogen-bond acceptors (Lipinski definition) is 7. The number of aromatic nitrogens is 5. The van der Waals surface area contributed by atoms with Gasteiger partial charge in [-0.05, 0) is 41.3 Å². The van der Waals surface area contributed by atoms with Crippen LogP contribution >= 0.6 is 11.3 Å². The zero-order chi connectivity index (χ0) is 22.8. The first-order valence-corrected chi connectivity index (χ1v) is 10.8. The molecular weight excluding hydrogens is 451 g/mol. The Labute approximate surface area is 190 Å². The highest BCUT2D eigenvalue weighted by molar-refractivity contribution is 7.08. The molecule has 2 N–H and O–H groups in total. The summed E-state index contributed by atoms with van der Waals surface area (Å²) in [6, 6.07) is 10.7. The van der Waals surface area contributed by atoms with Gasteiger partial charge in [0.1, 0.15) is 6.33 Å². The predicted octanol–water partition coefficient (Wildman–Crippen LogP) is 5.65. The molecule has 0 atom stereocenters. The second-order valence-electron chi connectivity index (χ2n) is 7.08. The molecule has 0 amide bonds. The van der Waals surface area contributed by atoms with E-state index in [9.17, 15) is 13.2 Å². The molecule has 33 heavy (non-hydrogen) atoms. The van der Waals surface area contributed by atoms with E-state index >= 15 is 0 Å². The molecule has 1 aromatic carbocycles.